The smallest absolute Gasteiger partial charge is 0.0788 e. The predicted octanol–water partition coefficient (Wildman–Crippen LogP) is 3.62. The highest BCUT2D eigenvalue weighted by molar-refractivity contribution is 5.73. The van der Waals surface area contributed by atoms with Gasteiger partial charge in [0.1, 0.15) is 0 Å². The van der Waals surface area contributed by atoms with E-state index in [2.05, 4.69) is 51.8 Å². The summed E-state index contributed by atoms with van der Waals surface area (Å²) in [5.41, 5.74) is 1.35. The van der Waals surface area contributed by atoms with E-state index >= 15 is 0 Å². The van der Waals surface area contributed by atoms with Crippen molar-refractivity contribution in [3.8, 4) is 0 Å². The quantitative estimate of drug-likeness (QED) is 0.632. The summed E-state index contributed by atoms with van der Waals surface area (Å²) in [6, 6.07) is 0. The summed E-state index contributed by atoms with van der Waals surface area (Å²) in [6.45, 7) is 11.1. The van der Waals surface area contributed by atoms with Gasteiger partial charge >= 0.3 is 0 Å². The molecule has 1 heterocycles. The van der Waals surface area contributed by atoms with E-state index in [0.717, 1.165) is 0 Å². The summed E-state index contributed by atoms with van der Waals surface area (Å²) in [5.74, 6) is 1.11. The largest absolute Gasteiger partial charge is 0.282 e. The lowest BCUT2D eigenvalue weighted by Gasteiger charge is -2.26. The zero-order valence-corrected chi connectivity index (χ0v) is 9.91. The van der Waals surface area contributed by atoms with Crippen LogP contribution in [0, 0.1) is 11.8 Å². The van der Waals surface area contributed by atoms with Gasteiger partial charge in [0.2, 0.25) is 0 Å². The van der Waals surface area contributed by atoms with Gasteiger partial charge in [0.05, 0.1) is 5.54 Å². The van der Waals surface area contributed by atoms with E-state index < -0.39 is 0 Å². The van der Waals surface area contributed by atoms with Crippen LogP contribution in [0.2, 0.25) is 0 Å². The third kappa shape index (κ3) is 2.34. The Hall–Kier alpha value is -0.850. The minimum Gasteiger partial charge on any atom is -0.282 e. The van der Waals surface area contributed by atoms with Gasteiger partial charge in [-0.2, -0.15) is 0 Å². The Morgan fingerprint density at radius 2 is 1.86 bits per heavy atom. The summed E-state index contributed by atoms with van der Waals surface area (Å²) in [6.07, 6.45) is 8.44. The molecule has 0 aromatic heterocycles. The fourth-order valence-electron chi connectivity index (χ4n) is 1.46. The van der Waals surface area contributed by atoms with E-state index in [1.807, 2.05) is 12.3 Å². The van der Waals surface area contributed by atoms with Crippen molar-refractivity contribution in [3.05, 3.63) is 23.8 Å². The van der Waals surface area contributed by atoms with E-state index in [0.29, 0.717) is 11.8 Å². The van der Waals surface area contributed by atoms with Gasteiger partial charge in [0.25, 0.3) is 0 Å². The molecule has 0 saturated carbocycles. The molecule has 1 atom stereocenters. The monoisotopic (exact) mass is 191 g/mol. The summed E-state index contributed by atoms with van der Waals surface area (Å²) < 4.78 is 0. The Morgan fingerprint density at radius 1 is 1.21 bits per heavy atom. The van der Waals surface area contributed by atoms with E-state index in [9.17, 15) is 0 Å². The summed E-state index contributed by atoms with van der Waals surface area (Å²) in [7, 11) is 0. The van der Waals surface area contributed by atoms with Crippen LogP contribution < -0.4 is 0 Å². The molecule has 1 unspecified atom stereocenters. The van der Waals surface area contributed by atoms with Crippen molar-refractivity contribution in [2.24, 2.45) is 16.8 Å². The molecule has 78 valence electrons. The van der Waals surface area contributed by atoms with Crippen LogP contribution in [0.25, 0.3) is 0 Å². The molecule has 1 heteroatoms. The number of aliphatic imine (C=N–C) groups is 1. The number of nitrogens with zero attached hydrogens (tertiary/aromatic N) is 1. The number of allylic oxidation sites excluding steroid dienone is 3. The Morgan fingerprint density at radius 3 is 2.36 bits per heavy atom. The molecule has 0 bridgehead atoms. The van der Waals surface area contributed by atoms with Crippen molar-refractivity contribution in [2.75, 3.05) is 0 Å². The maximum Gasteiger partial charge on any atom is 0.0788 e. The van der Waals surface area contributed by atoms with E-state index in [4.69, 9.17) is 0 Å². The molecule has 0 aromatic carbocycles. The molecule has 14 heavy (non-hydrogen) atoms. The van der Waals surface area contributed by atoms with Gasteiger partial charge in [-0.3, -0.25) is 4.99 Å². The van der Waals surface area contributed by atoms with Crippen LogP contribution in [-0.2, 0) is 0 Å². The molecule has 1 nitrogen and oxygen atoms in total. The molecular weight excluding hydrogens is 170 g/mol. The number of hydrogen-bond donors (Lipinski definition) is 0. The van der Waals surface area contributed by atoms with Crippen molar-refractivity contribution in [1.29, 1.82) is 0 Å². The third-order valence-electron chi connectivity index (χ3n) is 3.02. The first kappa shape index (κ1) is 11.2. The molecule has 1 aliphatic rings. The number of rotatable bonds is 2. The normalized spacial score (nSPS) is 26.9. The third-order valence-corrected chi connectivity index (χ3v) is 3.02. The maximum atomic E-state index is 4.60. The zero-order valence-electron chi connectivity index (χ0n) is 9.91. The van der Waals surface area contributed by atoms with Crippen molar-refractivity contribution in [1.82, 2.24) is 0 Å². The van der Waals surface area contributed by atoms with E-state index in [-0.39, 0.29) is 5.54 Å². The van der Waals surface area contributed by atoms with Crippen LogP contribution in [0.5, 0.6) is 0 Å². The van der Waals surface area contributed by atoms with Gasteiger partial charge < -0.3 is 0 Å². The Balaban J connectivity index is 3.05. The average molecular weight is 191 g/mol. The highest BCUT2D eigenvalue weighted by atomic mass is 14.8. The highest BCUT2D eigenvalue weighted by Crippen LogP contribution is 2.28. The van der Waals surface area contributed by atoms with Crippen molar-refractivity contribution in [3.63, 3.8) is 0 Å². The van der Waals surface area contributed by atoms with Crippen molar-refractivity contribution < 1.29 is 0 Å². The van der Waals surface area contributed by atoms with Crippen LogP contribution in [0.3, 0.4) is 0 Å². The minimum absolute atomic E-state index is 0.0386. The first-order valence-electron chi connectivity index (χ1n) is 5.40. The van der Waals surface area contributed by atoms with Crippen LogP contribution >= 0.6 is 0 Å². The standard InChI is InChI=1S/C13H21N/c1-10(2)12-7-6-8-14-13(5,9-12)11(3)4/h6-11H,1-5H3. The van der Waals surface area contributed by atoms with E-state index in [1.54, 1.807) is 0 Å². The molecule has 0 N–H and O–H groups in total. The Bertz CT molecular complexity index is 282. The molecule has 0 aromatic rings. The molecule has 1 rings (SSSR count). The Kier molecular flexibility index (Phi) is 3.30. The highest BCUT2D eigenvalue weighted by Gasteiger charge is 2.25. The maximum absolute atomic E-state index is 4.60. The molecular formula is C13H21N. The molecule has 1 aliphatic heterocycles. The second-order valence-corrected chi connectivity index (χ2v) is 4.82. The van der Waals surface area contributed by atoms with Crippen LogP contribution in [-0.4, -0.2) is 11.8 Å². The van der Waals surface area contributed by atoms with Crippen molar-refractivity contribution in [2.45, 2.75) is 40.2 Å². The lowest BCUT2D eigenvalue weighted by molar-refractivity contribution is 0.421. The van der Waals surface area contributed by atoms with Gasteiger partial charge in [-0.15, -0.1) is 0 Å². The van der Waals surface area contributed by atoms with Crippen LogP contribution in [0.4, 0.5) is 0 Å². The second-order valence-electron chi connectivity index (χ2n) is 4.82. The minimum atomic E-state index is -0.0386. The predicted molar refractivity (Wildman–Crippen MR) is 63.8 cm³/mol. The molecule has 0 spiro atoms. The van der Waals surface area contributed by atoms with Crippen molar-refractivity contribution >= 4 is 6.21 Å². The first-order chi connectivity index (χ1) is 6.46. The molecule has 0 fully saturated rings. The van der Waals surface area contributed by atoms with Gasteiger partial charge in [-0.05, 0) is 30.4 Å². The summed E-state index contributed by atoms with van der Waals surface area (Å²) in [5, 5.41) is 0. The SMILES string of the molecule is CC(C)C1=CC(C)(C(C)C)N=CC=C1. The summed E-state index contributed by atoms with van der Waals surface area (Å²) >= 11 is 0. The topological polar surface area (TPSA) is 12.4 Å². The number of hydrogen-bond acceptors (Lipinski definition) is 1. The lowest BCUT2D eigenvalue weighted by Crippen LogP contribution is -2.26. The van der Waals surface area contributed by atoms with Gasteiger partial charge in [-0.1, -0.05) is 39.8 Å². The van der Waals surface area contributed by atoms with Gasteiger partial charge in [0, 0.05) is 6.21 Å². The van der Waals surface area contributed by atoms with Gasteiger partial charge in [-0.25, -0.2) is 0 Å². The molecule has 0 radical (unpaired) electrons. The van der Waals surface area contributed by atoms with E-state index in [1.165, 1.54) is 5.57 Å². The second kappa shape index (κ2) is 4.12. The molecule has 0 aliphatic carbocycles. The van der Waals surface area contributed by atoms with Crippen LogP contribution in [0.1, 0.15) is 34.6 Å². The first-order valence-corrected chi connectivity index (χ1v) is 5.40. The molecule has 0 saturated heterocycles. The zero-order chi connectivity index (χ0) is 10.8. The van der Waals surface area contributed by atoms with Crippen LogP contribution in [0.15, 0.2) is 28.8 Å². The Labute approximate surface area is 87.6 Å². The summed E-state index contributed by atoms with van der Waals surface area (Å²) in [4.78, 5) is 4.60. The fraction of sp³-hybridized carbons (Fsp3) is 0.615. The average Bonchev–Trinajstić information content (AvgIpc) is 2.28. The van der Waals surface area contributed by atoms with Gasteiger partial charge in [0.15, 0.2) is 0 Å². The fourth-order valence-corrected chi connectivity index (χ4v) is 1.46. The molecule has 0 amide bonds. The lowest BCUT2D eigenvalue weighted by atomic mass is 9.85.